The van der Waals surface area contributed by atoms with E-state index in [0.717, 1.165) is 13.1 Å². The Hall–Kier alpha value is -1.02. The minimum atomic E-state index is 0.200. The zero-order chi connectivity index (χ0) is 12.6. The zero-order valence-electron chi connectivity index (χ0n) is 11.7. The van der Waals surface area contributed by atoms with Crippen molar-refractivity contribution in [1.29, 1.82) is 0 Å². The quantitative estimate of drug-likeness (QED) is 0.801. The lowest BCUT2D eigenvalue weighted by Gasteiger charge is -2.44. The molecular weight excluding hydrogens is 208 g/mol. The Morgan fingerprint density at radius 3 is 2.59 bits per heavy atom. The summed E-state index contributed by atoms with van der Waals surface area (Å²) in [6.07, 6.45) is 0. The molecule has 17 heavy (non-hydrogen) atoms. The molecule has 0 bridgehead atoms. The van der Waals surface area contributed by atoms with Crippen LogP contribution in [0.25, 0.3) is 0 Å². The second-order valence-electron chi connectivity index (χ2n) is 6.01. The van der Waals surface area contributed by atoms with Gasteiger partial charge < -0.3 is 10.2 Å². The Labute approximate surface area is 105 Å². The van der Waals surface area contributed by atoms with Gasteiger partial charge in [-0.25, -0.2) is 0 Å². The maximum absolute atomic E-state index is 3.59. The van der Waals surface area contributed by atoms with Gasteiger partial charge in [-0.2, -0.15) is 0 Å². The van der Waals surface area contributed by atoms with Crippen molar-refractivity contribution < 1.29 is 0 Å². The molecule has 2 nitrogen and oxygen atoms in total. The van der Waals surface area contributed by atoms with Gasteiger partial charge >= 0.3 is 0 Å². The summed E-state index contributed by atoms with van der Waals surface area (Å²) in [6, 6.07) is 7.35. The van der Waals surface area contributed by atoms with Gasteiger partial charge in [0.25, 0.3) is 0 Å². The summed E-state index contributed by atoms with van der Waals surface area (Å²) in [7, 11) is 0. The third kappa shape index (κ3) is 2.63. The number of hydrogen-bond donors (Lipinski definition) is 1. The number of hydrogen-bond acceptors (Lipinski definition) is 2. The topological polar surface area (TPSA) is 15.3 Å². The number of anilines is 1. The van der Waals surface area contributed by atoms with Gasteiger partial charge in [0.2, 0.25) is 0 Å². The molecule has 1 fully saturated rings. The van der Waals surface area contributed by atoms with Gasteiger partial charge in [0.05, 0.1) is 0 Å². The number of benzene rings is 1. The van der Waals surface area contributed by atoms with Crippen molar-refractivity contribution in [3.8, 4) is 0 Å². The van der Waals surface area contributed by atoms with Gasteiger partial charge in [0, 0.05) is 30.4 Å². The predicted octanol–water partition coefficient (Wildman–Crippen LogP) is 2.88. The number of nitrogens with one attached hydrogen (secondary N) is 1. The average molecular weight is 232 g/mol. The van der Waals surface area contributed by atoms with Crippen LogP contribution >= 0.6 is 0 Å². The molecule has 2 rings (SSSR count). The molecule has 1 N–H and O–H groups in total. The van der Waals surface area contributed by atoms with Gasteiger partial charge in [-0.05, 0) is 57.9 Å². The molecule has 1 atom stereocenters. The second-order valence-corrected chi connectivity index (χ2v) is 6.01. The number of aryl methyl sites for hydroxylation is 2. The third-order valence-electron chi connectivity index (χ3n) is 3.80. The van der Waals surface area contributed by atoms with Crippen LogP contribution in [0.15, 0.2) is 18.2 Å². The summed E-state index contributed by atoms with van der Waals surface area (Å²) in [5.41, 5.74) is 4.31. The molecule has 2 heteroatoms. The molecule has 0 aromatic heterocycles. The summed E-state index contributed by atoms with van der Waals surface area (Å²) in [4.78, 5) is 2.52. The smallest absolute Gasteiger partial charge is 0.0387 e. The van der Waals surface area contributed by atoms with Crippen LogP contribution in [-0.4, -0.2) is 24.7 Å². The van der Waals surface area contributed by atoms with E-state index in [9.17, 15) is 0 Å². The van der Waals surface area contributed by atoms with E-state index >= 15 is 0 Å². The molecule has 0 radical (unpaired) electrons. The lowest BCUT2D eigenvalue weighted by molar-refractivity contribution is 0.318. The van der Waals surface area contributed by atoms with Crippen LogP contribution in [0.4, 0.5) is 5.69 Å². The Kier molecular flexibility index (Phi) is 3.17. The largest absolute Gasteiger partial charge is 0.366 e. The first-order chi connectivity index (χ1) is 7.89. The highest BCUT2D eigenvalue weighted by Gasteiger charge is 2.30. The van der Waals surface area contributed by atoms with Crippen LogP contribution in [0.3, 0.4) is 0 Å². The van der Waals surface area contributed by atoms with Crippen molar-refractivity contribution in [2.75, 3.05) is 18.0 Å². The predicted molar refractivity (Wildman–Crippen MR) is 74.8 cm³/mol. The summed E-state index contributed by atoms with van der Waals surface area (Å²) < 4.78 is 0. The first kappa shape index (κ1) is 12.4. The van der Waals surface area contributed by atoms with Crippen LogP contribution in [0.5, 0.6) is 0 Å². The fraction of sp³-hybridized carbons (Fsp3) is 0.600. The highest BCUT2D eigenvalue weighted by molar-refractivity contribution is 5.52. The Morgan fingerprint density at radius 2 is 1.94 bits per heavy atom. The maximum atomic E-state index is 3.59. The molecule has 1 aliphatic rings. The maximum Gasteiger partial charge on any atom is 0.0387 e. The van der Waals surface area contributed by atoms with Crippen molar-refractivity contribution in [2.24, 2.45) is 0 Å². The molecule has 1 heterocycles. The normalized spacial score (nSPS) is 23.8. The SMILES string of the molecule is Cc1ccc(N2CC(C)(C)NCC2C)cc1C. The minimum absolute atomic E-state index is 0.200. The molecule has 0 aliphatic carbocycles. The first-order valence-corrected chi connectivity index (χ1v) is 6.48. The molecule has 1 aromatic rings. The van der Waals surface area contributed by atoms with Gasteiger partial charge in [-0.15, -0.1) is 0 Å². The minimum Gasteiger partial charge on any atom is -0.366 e. The van der Waals surface area contributed by atoms with E-state index in [1.54, 1.807) is 0 Å². The molecule has 1 unspecified atom stereocenters. The van der Waals surface area contributed by atoms with Gasteiger partial charge in [-0.1, -0.05) is 6.07 Å². The summed E-state index contributed by atoms with van der Waals surface area (Å²) in [6.45, 7) is 13.3. The van der Waals surface area contributed by atoms with Crippen molar-refractivity contribution in [3.05, 3.63) is 29.3 Å². The fourth-order valence-electron chi connectivity index (χ4n) is 2.42. The Morgan fingerprint density at radius 1 is 1.24 bits per heavy atom. The first-order valence-electron chi connectivity index (χ1n) is 6.48. The van der Waals surface area contributed by atoms with E-state index < -0.39 is 0 Å². The molecule has 1 saturated heterocycles. The summed E-state index contributed by atoms with van der Waals surface area (Å²) in [5.74, 6) is 0. The van der Waals surface area contributed by atoms with Crippen LogP contribution in [0.2, 0.25) is 0 Å². The molecule has 0 saturated carbocycles. The standard InChI is InChI=1S/C15H24N2/c1-11-6-7-14(8-12(11)2)17-10-15(4,5)16-9-13(17)3/h6-8,13,16H,9-10H2,1-5H3. The molecule has 0 amide bonds. The summed E-state index contributed by atoms with van der Waals surface area (Å²) >= 11 is 0. The lowest BCUT2D eigenvalue weighted by atomic mass is 9.98. The van der Waals surface area contributed by atoms with E-state index in [2.05, 4.69) is 63.0 Å². The van der Waals surface area contributed by atoms with E-state index in [1.165, 1.54) is 16.8 Å². The number of piperazine rings is 1. The van der Waals surface area contributed by atoms with E-state index in [4.69, 9.17) is 0 Å². The van der Waals surface area contributed by atoms with Crippen LogP contribution < -0.4 is 10.2 Å². The average Bonchev–Trinajstić information content (AvgIpc) is 2.26. The third-order valence-corrected chi connectivity index (χ3v) is 3.80. The van der Waals surface area contributed by atoms with Crippen molar-refractivity contribution >= 4 is 5.69 Å². The molecule has 1 aromatic carbocycles. The van der Waals surface area contributed by atoms with Gasteiger partial charge in [0.1, 0.15) is 0 Å². The van der Waals surface area contributed by atoms with Gasteiger partial charge in [0.15, 0.2) is 0 Å². The Balaban J connectivity index is 2.28. The van der Waals surface area contributed by atoms with Crippen molar-refractivity contribution in [2.45, 2.75) is 46.2 Å². The zero-order valence-corrected chi connectivity index (χ0v) is 11.7. The van der Waals surface area contributed by atoms with Gasteiger partial charge in [-0.3, -0.25) is 0 Å². The van der Waals surface area contributed by atoms with E-state index in [1.807, 2.05) is 0 Å². The highest BCUT2D eigenvalue weighted by Crippen LogP contribution is 2.25. The second kappa shape index (κ2) is 4.34. The molecule has 1 aliphatic heterocycles. The highest BCUT2D eigenvalue weighted by atomic mass is 15.2. The van der Waals surface area contributed by atoms with Crippen LogP contribution in [0.1, 0.15) is 31.9 Å². The van der Waals surface area contributed by atoms with E-state index in [-0.39, 0.29) is 5.54 Å². The lowest BCUT2D eigenvalue weighted by Crippen LogP contribution is -2.61. The molecule has 94 valence electrons. The Bertz CT molecular complexity index is 409. The van der Waals surface area contributed by atoms with Crippen LogP contribution in [0, 0.1) is 13.8 Å². The fourth-order valence-corrected chi connectivity index (χ4v) is 2.42. The number of nitrogens with zero attached hydrogens (tertiary/aromatic N) is 1. The number of rotatable bonds is 1. The molecule has 0 spiro atoms. The van der Waals surface area contributed by atoms with Crippen LogP contribution in [-0.2, 0) is 0 Å². The van der Waals surface area contributed by atoms with Crippen molar-refractivity contribution in [3.63, 3.8) is 0 Å². The van der Waals surface area contributed by atoms with Crippen molar-refractivity contribution in [1.82, 2.24) is 5.32 Å². The van der Waals surface area contributed by atoms with E-state index in [0.29, 0.717) is 6.04 Å². The summed E-state index contributed by atoms with van der Waals surface area (Å²) in [5, 5.41) is 3.59. The monoisotopic (exact) mass is 232 g/mol. The molecular formula is C15H24N2.